The topological polar surface area (TPSA) is 26.0 Å². The van der Waals surface area contributed by atoms with E-state index in [0.717, 1.165) is 0 Å². The SMILES string of the molecule is CC(C)(CCCN)C(F)F.Cl. The summed E-state index contributed by atoms with van der Waals surface area (Å²) in [5, 5.41) is 0. The molecule has 0 aromatic heterocycles. The maximum Gasteiger partial charge on any atom is 0.243 e. The molecule has 0 unspecified atom stereocenters. The fourth-order valence-corrected chi connectivity index (χ4v) is 0.667. The Morgan fingerprint density at radius 1 is 1.36 bits per heavy atom. The van der Waals surface area contributed by atoms with Gasteiger partial charge in [0, 0.05) is 5.41 Å². The normalized spacial score (nSPS) is 11.5. The lowest BCUT2D eigenvalue weighted by molar-refractivity contribution is 0.0133. The first kappa shape index (κ1) is 13.7. The molecule has 0 aromatic rings. The summed E-state index contributed by atoms with van der Waals surface area (Å²) in [7, 11) is 0. The van der Waals surface area contributed by atoms with Gasteiger partial charge in [-0.3, -0.25) is 0 Å². The van der Waals surface area contributed by atoms with Crippen LogP contribution >= 0.6 is 12.4 Å². The first-order valence-electron chi connectivity index (χ1n) is 3.49. The van der Waals surface area contributed by atoms with Crippen molar-refractivity contribution in [2.24, 2.45) is 11.1 Å². The van der Waals surface area contributed by atoms with Crippen LogP contribution in [0, 0.1) is 5.41 Å². The molecule has 0 aliphatic heterocycles. The first-order chi connectivity index (χ1) is 4.50. The summed E-state index contributed by atoms with van der Waals surface area (Å²) in [5.74, 6) is 0. The molecular formula is C7H16ClF2N. The van der Waals surface area contributed by atoms with E-state index in [1.807, 2.05) is 0 Å². The van der Waals surface area contributed by atoms with Crippen molar-refractivity contribution >= 4 is 12.4 Å². The summed E-state index contributed by atoms with van der Waals surface area (Å²) in [6.45, 7) is 3.62. The predicted molar refractivity (Wildman–Crippen MR) is 45.3 cm³/mol. The quantitative estimate of drug-likeness (QED) is 0.719. The van der Waals surface area contributed by atoms with Crippen LogP contribution in [0.15, 0.2) is 0 Å². The van der Waals surface area contributed by atoms with E-state index in [1.165, 1.54) is 0 Å². The minimum Gasteiger partial charge on any atom is -0.330 e. The Labute approximate surface area is 72.8 Å². The van der Waals surface area contributed by atoms with Gasteiger partial charge in [0.25, 0.3) is 0 Å². The van der Waals surface area contributed by atoms with Gasteiger partial charge in [-0.25, -0.2) is 8.78 Å². The van der Waals surface area contributed by atoms with E-state index in [1.54, 1.807) is 13.8 Å². The lowest BCUT2D eigenvalue weighted by Gasteiger charge is -2.22. The molecule has 1 nitrogen and oxygen atoms in total. The van der Waals surface area contributed by atoms with Crippen molar-refractivity contribution in [1.82, 2.24) is 0 Å². The van der Waals surface area contributed by atoms with Crippen molar-refractivity contribution < 1.29 is 8.78 Å². The zero-order valence-electron chi connectivity index (χ0n) is 6.94. The molecule has 0 amide bonds. The second-order valence-corrected chi connectivity index (χ2v) is 3.18. The lowest BCUT2D eigenvalue weighted by atomic mass is 9.88. The molecule has 0 spiro atoms. The van der Waals surface area contributed by atoms with E-state index in [4.69, 9.17) is 5.73 Å². The molecule has 0 saturated carbocycles. The summed E-state index contributed by atoms with van der Waals surface area (Å²) in [4.78, 5) is 0. The number of rotatable bonds is 4. The van der Waals surface area contributed by atoms with Crippen LogP contribution in [0.5, 0.6) is 0 Å². The van der Waals surface area contributed by atoms with Gasteiger partial charge in [0.2, 0.25) is 6.43 Å². The number of nitrogens with two attached hydrogens (primary N) is 1. The number of halogens is 3. The second kappa shape index (κ2) is 5.72. The Morgan fingerprint density at radius 2 is 1.82 bits per heavy atom. The van der Waals surface area contributed by atoms with Gasteiger partial charge in [-0.2, -0.15) is 0 Å². The molecule has 0 radical (unpaired) electrons. The van der Waals surface area contributed by atoms with Gasteiger partial charge in [0.15, 0.2) is 0 Å². The third kappa shape index (κ3) is 5.39. The van der Waals surface area contributed by atoms with Gasteiger partial charge in [-0.1, -0.05) is 13.8 Å². The van der Waals surface area contributed by atoms with Gasteiger partial charge >= 0.3 is 0 Å². The summed E-state index contributed by atoms with van der Waals surface area (Å²) in [6, 6.07) is 0. The minimum absolute atomic E-state index is 0. The summed E-state index contributed by atoms with van der Waals surface area (Å²) in [5.41, 5.74) is 4.33. The van der Waals surface area contributed by atoms with Crippen LogP contribution < -0.4 is 5.73 Å². The molecule has 0 aromatic carbocycles. The molecule has 2 N–H and O–H groups in total. The van der Waals surface area contributed by atoms with Crippen molar-refractivity contribution in [3.63, 3.8) is 0 Å². The Bertz CT molecular complexity index is 96.4. The van der Waals surface area contributed by atoms with Gasteiger partial charge < -0.3 is 5.73 Å². The largest absolute Gasteiger partial charge is 0.330 e. The zero-order chi connectivity index (χ0) is 8.20. The Hall–Kier alpha value is 0.110. The molecule has 0 bridgehead atoms. The van der Waals surface area contributed by atoms with E-state index in [-0.39, 0.29) is 12.4 Å². The van der Waals surface area contributed by atoms with Crippen molar-refractivity contribution in [3.05, 3.63) is 0 Å². The van der Waals surface area contributed by atoms with Crippen molar-refractivity contribution in [1.29, 1.82) is 0 Å². The molecular weight excluding hydrogens is 172 g/mol. The molecule has 0 atom stereocenters. The van der Waals surface area contributed by atoms with Gasteiger partial charge in [0.05, 0.1) is 0 Å². The van der Waals surface area contributed by atoms with Gasteiger partial charge in [-0.15, -0.1) is 12.4 Å². The van der Waals surface area contributed by atoms with E-state index in [0.29, 0.717) is 19.4 Å². The summed E-state index contributed by atoms with van der Waals surface area (Å²) in [6.07, 6.45) is -1.06. The standard InChI is InChI=1S/C7H15F2N.ClH/c1-7(2,6(8)9)4-3-5-10;/h6H,3-5,10H2,1-2H3;1H. The lowest BCUT2D eigenvalue weighted by Crippen LogP contribution is -2.22. The van der Waals surface area contributed by atoms with Gasteiger partial charge in [0.1, 0.15) is 0 Å². The van der Waals surface area contributed by atoms with Crippen molar-refractivity contribution in [3.8, 4) is 0 Å². The highest BCUT2D eigenvalue weighted by Crippen LogP contribution is 2.29. The molecule has 0 heterocycles. The molecule has 0 fully saturated rings. The van der Waals surface area contributed by atoms with E-state index in [9.17, 15) is 8.78 Å². The maximum atomic E-state index is 12.1. The zero-order valence-corrected chi connectivity index (χ0v) is 7.76. The molecule has 4 heteroatoms. The van der Waals surface area contributed by atoms with Crippen LogP contribution in [-0.4, -0.2) is 13.0 Å². The summed E-state index contributed by atoms with van der Waals surface area (Å²) >= 11 is 0. The van der Waals surface area contributed by atoms with Crippen LogP contribution in [0.25, 0.3) is 0 Å². The summed E-state index contributed by atoms with van der Waals surface area (Å²) < 4.78 is 24.2. The average Bonchev–Trinajstić information content (AvgIpc) is 1.84. The molecule has 70 valence electrons. The molecule has 0 aliphatic rings. The van der Waals surface area contributed by atoms with Crippen LogP contribution in [0.1, 0.15) is 26.7 Å². The number of hydrogen-bond acceptors (Lipinski definition) is 1. The fraction of sp³-hybridized carbons (Fsp3) is 1.00. The highest BCUT2D eigenvalue weighted by molar-refractivity contribution is 5.85. The average molecular weight is 188 g/mol. The molecule has 11 heavy (non-hydrogen) atoms. The Morgan fingerprint density at radius 3 is 2.09 bits per heavy atom. The fourth-order valence-electron chi connectivity index (χ4n) is 0.667. The highest BCUT2D eigenvalue weighted by Gasteiger charge is 2.28. The minimum atomic E-state index is -2.24. The van der Waals surface area contributed by atoms with E-state index < -0.39 is 11.8 Å². The molecule has 0 rings (SSSR count). The number of hydrogen-bond donors (Lipinski definition) is 1. The third-order valence-electron chi connectivity index (χ3n) is 1.62. The van der Waals surface area contributed by atoms with Crippen molar-refractivity contribution in [2.45, 2.75) is 33.1 Å². The Balaban J connectivity index is 0. The predicted octanol–water partition coefficient (Wildman–Crippen LogP) is 2.44. The second-order valence-electron chi connectivity index (χ2n) is 3.18. The maximum absolute atomic E-state index is 12.1. The monoisotopic (exact) mass is 187 g/mol. The van der Waals surface area contributed by atoms with Crippen LogP contribution in [0.4, 0.5) is 8.78 Å². The van der Waals surface area contributed by atoms with Gasteiger partial charge in [-0.05, 0) is 19.4 Å². The molecule has 0 aliphatic carbocycles. The van der Waals surface area contributed by atoms with Crippen LogP contribution in [0.3, 0.4) is 0 Å². The number of alkyl halides is 2. The first-order valence-corrected chi connectivity index (χ1v) is 3.49. The van der Waals surface area contributed by atoms with Crippen LogP contribution in [0.2, 0.25) is 0 Å². The smallest absolute Gasteiger partial charge is 0.243 e. The van der Waals surface area contributed by atoms with E-state index >= 15 is 0 Å². The highest BCUT2D eigenvalue weighted by atomic mass is 35.5. The van der Waals surface area contributed by atoms with Crippen LogP contribution in [-0.2, 0) is 0 Å². The third-order valence-corrected chi connectivity index (χ3v) is 1.62. The Kier molecular flexibility index (Phi) is 7.12. The molecule has 0 saturated heterocycles. The van der Waals surface area contributed by atoms with Crippen molar-refractivity contribution in [2.75, 3.05) is 6.54 Å². The van der Waals surface area contributed by atoms with E-state index in [2.05, 4.69) is 0 Å².